The number of nitrogens with one attached hydrogen (secondary N) is 2. The second kappa shape index (κ2) is 9.80. The molecule has 33 heavy (non-hydrogen) atoms. The zero-order valence-corrected chi connectivity index (χ0v) is 20.9. The first-order valence-corrected chi connectivity index (χ1v) is 12.2. The Kier molecular flexibility index (Phi) is 7.66. The monoisotopic (exact) mass is 479 g/mol. The topological polar surface area (TPSA) is 102 Å². The summed E-state index contributed by atoms with van der Waals surface area (Å²) in [5.74, 6) is -0.252. The normalized spacial score (nSPS) is 27.7. The van der Waals surface area contributed by atoms with Gasteiger partial charge in [0.15, 0.2) is 0 Å². The van der Waals surface area contributed by atoms with Crippen LogP contribution < -0.4 is 10.6 Å². The molecule has 1 aliphatic heterocycles. The first kappa shape index (κ1) is 25.8. The number of nitrogens with zero attached hydrogens (tertiary/aromatic N) is 1. The number of urea groups is 1. The van der Waals surface area contributed by atoms with E-state index in [1.54, 1.807) is 26.0 Å². The number of aliphatic hydroxyl groups is 2. The van der Waals surface area contributed by atoms with Crippen molar-refractivity contribution in [1.82, 2.24) is 15.5 Å². The second-order valence-electron chi connectivity index (χ2n) is 10.9. The highest BCUT2D eigenvalue weighted by Crippen LogP contribution is 2.46. The van der Waals surface area contributed by atoms with Crippen LogP contribution in [0.4, 0.5) is 4.79 Å². The van der Waals surface area contributed by atoms with E-state index in [1.807, 2.05) is 30.9 Å². The van der Waals surface area contributed by atoms with Crippen LogP contribution in [0.5, 0.6) is 0 Å². The van der Waals surface area contributed by atoms with Crippen molar-refractivity contribution in [2.75, 3.05) is 19.6 Å². The summed E-state index contributed by atoms with van der Waals surface area (Å²) in [6.45, 7) is 8.25. The van der Waals surface area contributed by atoms with E-state index in [9.17, 15) is 19.8 Å². The first-order valence-electron chi connectivity index (χ1n) is 11.9. The highest BCUT2D eigenvalue weighted by atomic mass is 35.5. The second-order valence-corrected chi connectivity index (χ2v) is 11.3. The molecular weight excluding hydrogens is 442 g/mol. The third-order valence-corrected chi connectivity index (χ3v) is 7.42. The number of piperidine rings is 1. The van der Waals surface area contributed by atoms with Gasteiger partial charge in [0.25, 0.3) is 0 Å². The van der Waals surface area contributed by atoms with E-state index in [4.69, 9.17) is 11.6 Å². The van der Waals surface area contributed by atoms with Crippen molar-refractivity contribution in [3.05, 3.63) is 34.9 Å². The van der Waals surface area contributed by atoms with E-state index in [0.717, 1.165) is 31.2 Å². The number of benzene rings is 1. The van der Waals surface area contributed by atoms with E-state index < -0.39 is 16.6 Å². The van der Waals surface area contributed by atoms with Gasteiger partial charge in [0.05, 0.1) is 17.1 Å². The standard InChI is InChI=1S/C25H38ClN3O4/c1-23(2)16-29(14-13-25(23,33)17-9-11-18(26)12-10-17)21(30)19-7-5-6-8-20(19)28-22(31)27-15-24(3,4)32/h9-12,19-20,32-33H,5-8,13-16H2,1-4H3,(H2,27,28,31)/t19-,20+,25-/m0/s1. The predicted octanol–water partition coefficient (Wildman–Crippen LogP) is 3.42. The van der Waals surface area contributed by atoms with Gasteiger partial charge in [0, 0.05) is 36.1 Å². The number of amides is 3. The summed E-state index contributed by atoms with van der Waals surface area (Å²) in [4.78, 5) is 27.8. The van der Waals surface area contributed by atoms with E-state index in [1.165, 1.54) is 0 Å². The molecule has 0 unspecified atom stereocenters. The molecule has 4 N–H and O–H groups in total. The van der Waals surface area contributed by atoms with E-state index in [2.05, 4.69) is 10.6 Å². The van der Waals surface area contributed by atoms with Crippen LogP contribution in [0.15, 0.2) is 24.3 Å². The summed E-state index contributed by atoms with van der Waals surface area (Å²) < 4.78 is 0. The van der Waals surface area contributed by atoms with Crippen LogP contribution in [0.1, 0.15) is 65.4 Å². The van der Waals surface area contributed by atoms with Gasteiger partial charge in [-0.25, -0.2) is 4.79 Å². The maximum absolute atomic E-state index is 13.6. The molecule has 1 aliphatic carbocycles. The molecule has 7 nitrogen and oxygen atoms in total. The van der Waals surface area contributed by atoms with Crippen LogP contribution in [0.2, 0.25) is 5.02 Å². The smallest absolute Gasteiger partial charge is 0.315 e. The zero-order chi connectivity index (χ0) is 24.4. The van der Waals surface area contributed by atoms with E-state index in [-0.39, 0.29) is 30.4 Å². The van der Waals surface area contributed by atoms with Crippen LogP contribution in [-0.4, -0.2) is 58.3 Å². The highest BCUT2D eigenvalue weighted by molar-refractivity contribution is 6.30. The molecule has 1 heterocycles. The number of rotatable bonds is 5. The molecule has 3 atom stereocenters. The summed E-state index contributed by atoms with van der Waals surface area (Å²) in [5, 5.41) is 27.7. The molecule has 1 aromatic carbocycles. The number of halogens is 1. The Labute approximate surface area is 201 Å². The first-order chi connectivity index (χ1) is 15.3. The number of hydrogen-bond acceptors (Lipinski definition) is 4. The largest absolute Gasteiger partial charge is 0.389 e. The molecule has 0 aromatic heterocycles. The molecule has 0 spiro atoms. The molecule has 2 fully saturated rings. The van der Waals surface area contributed by atoms with Gasteiger partial charge in [-0.1, -0.05) is 50.4 Å². The summed E-state index contributed by atoms with van der Waals surface area (Å²) >= 11 is 6.03. The minimum atomic E-state index is -1.06. The SMILES string of the molecule is CC(C)(O)CNC(=O)N[C@@H]1CCCC[C@@H]1C(=O)N1CC[C@](O)(c2ccc(Cl)cc2)C(C)(C)C1. The summed E-state index contributed by atoms with van der Waals surface area (Å²) in [6, 6.07) is 6.67. The molecule has 8 heteroatoms. The molecule has 184 valence electrons. The minimum absolute atomic E-state index is 0.0359. The Hall–Kier alpha value is -1.83. The third-order valence-electron chi connectivity index (χ3n) is 7.16. The van der Waals surface area contributed by atoms with Crippen LogP contribution in [-0.2, 0) is 10.4 Å². The summed E-state index contributed by atoms with van der Waals surface area (Å²) in [6.07, 6.45) is 3.82. The third kappa shape index (κ3) is 6.00. The highest BCUT2D eigenvalue weighted by Gasteiger charge is 2.50. The van der Waals surface area contributed by atoms with Gasteiger partial charge in [-0.15, -0.1) is 0 Å². The average molecular weight is 480 g/mol. The lowest BCUT2D eigenvalue weighted by atomic mass is 9.66. The van der Waals surface area contributed by atoms with Crippen LogP contribution in [0.3, 0.4) is 0 Å². The fraction of sp³-hybridized carbons (Fsp3) is 0.680. The number of carbonyl (C=O) groups is 2. The van der Waals surface area contributed by atoms with Crippen LogP contribution in [0, 0.1) is 11.3 Å². The van der Waals surface area contributed by atoms with Crippen molar-refractivity contribution in [1.29, 1.82) is 0 Å². The van der Waals surface area contributed by atoms with E-state index in [0.29, 0.717) is 24.5 Å². The van der Waals surface area contributed by atoms with Crippen molar-refractivity contribution in [2.45, 2.75) is 77.0 Å². The quantitative estimate of drug-likeness (QED) is 0.519. The number of likely N-dealkylation sites (tertiary alicyclic amines) is 1. The molecule has 1 aromatic rings. The fourth-order valence-corrected chi connectivity index (χ4v) is 5.25. The van der Waals surface area contributed by atoms with Gasteiger partial charge in [-0.05, 0) is 50.8 Å². The maximum atomic E-state index is 13.6. The Balaban J connectivity index is 1.68. The van der Waals surface area contributed by atoms with Gasteiger partial charge in [-0.2, -0.15) is 0 Å². The lowest BCUT2D eigenvalue weighted by Gasteiger charge is -2.51. The Morgan fingerprint density at radius 1 is 1.18 bits per heavy atom. The molecule has 0 bridgehead atoms. The van der Waals surface area contributed by atoms with E-state index >= 15 is 0 Å². The van der Waals surface area contributed by atoms with Gasteiger partial charge in [0.2, 0.25) is 5.91 Å². The summed E-state index contributed by atoms with van der Waals surface area (Å²) in [5.41, 5.74) is -1.81. The number of carbonyl (C=O) groups excluding carboxylic acids is 2. The molecule has 1 saturated carbocycles. The van der Waals surface area contributed by atoms with Gasteiger partial charge in [-0.3, -0.25) is 4.79 Å². The van der Waals surface area contributed by atoms with Gasteiger partial charge in [0.1, 0.15) is 0 Å². The molecule has 3 rings (SSSR count). The lowest BCUT2D eigenvalue weighted by molar-refractivity contribution is -0.158. The Morgan fingerprint density at radius 3 is 2.42 bits per heavy atom. The maximum Gasteiger partial charge on any atom is 0.315 e. The predicted molar refractivity (Wildman–Crippen MR) is 129 cm³/mol. The van der Waals surface area contributed by atoms with Crippen LogP contribution >= 0.6 is 11.6 Å². The van der Waals surface area contributed by atoms with Crippen molar-refractivity contribution in [3.8, 4) is 0 Å². The van der Waals surface area contributed by atoms with Crippen molar-refractivity contribution >= 4 is 23.5 Å². The molecular formula is C25H38ClN3O4. The van der Waals surface area contributed by atoms with Crippen molar-refractivity contribution < 1.29 is 19.8 Å². The molecule has 0 radical (unpaired) electrons. The van der Waals surface area contributed by atoms with Crippen LogP contribution in [0.25, 0.3) is 0 Å². The Morgan fingerprint density at radius 2 is 1.82 bits per heavy atom. The fourth-order valence-electron chi connectivity index (χ4n) is 5.12. The minimum Gasteiger partial charge on any atom is -0.389 e. The molecule has 2 aliphatic rings. The molecule has 1 saturated heterocycles. The number of hydrogen-bond donors (Lipinski definition) is 4. The zero-order valence-electron chi connectivity index (χ0n) is 20.2. The Bertz CT molecular complexity index is 852. The van der Waals surface area contributed by atoms with Gasteiger partial charge < -0.3 is 25.7 Å². The summed E-state index contributed by atoms with van der Waals surface area (Å²) in [7, 11) is 0. The van der Waals surface area contributed by atoms with Gasteiger partial charge >= 0.3 is 6.03 Å². The molecule has 3 amide bonds. The lowest BCUT2D eigenvalue weighted by Crippen LogP contribution is -2.59. The average Bonchev–Trinajstić information content (AvgIpc) is 2.74. The van der Waals surface area contributed by atoms with Crippen molar-refractivity contribution in [3.63, 3.8) is 0 Å². The van der Waals surface area contributed by atoms with Crippen molar-refractivity contribution in [2.24, 2.45) is 11.3 Å².